The van der Waals surface area contributed by atoms with E-state index in [2.05, 4.69) is 9.97 Å². The molecule has 4 heteroatoms. The third kappa shape index (κ3) is 1.85. The van der Waals surface area contributed by atoms with Crippen molar-refractivity contribution in [3.63, 3.8) is 0 Å². The van der Waals surface area contributed by atoms with Crippen LogP contribution in [0.4, 0.5) is 0 Å². The number of aryl methyl sites for hydroxylation is 1. The largest absolute Gasteiger partial charge is 0.340 e. The third-order valence-electron chi connectivity index (χ3n) is 2.29. The van der Waals surface area contributed by atoms with E-state index in [1.54, 1.807) is 0 Å². The second-order valence-corrected chi connectivity index (χ2v) is 4.86. The number of aromatic nitrogens is 2. The lowest BCUT2D eigenvalue weighted by molar-refractivity contribution is 0.522. The summed E-state index contributed by atoms with van der Waals surface area (Å²) in [5.41, 5.74) is 8.33. The lowest BCUT2D eigenvalue weighted by Crippen LogP contribution is -2.30. The molecule has 0 unspecified atom stereocenters. The van der Waals surface area contributed by atoms with E-state index in [9.17, 15) is 0 Å². The topological polar surface area (TPSA) is 54.7 Å². The number of imidazole rings is 1. The fourth-order valence-corrected chi connectivity index (χ4v) is 1.83. The summed E-state index contributed by atoms with van der Waals surface area (Å²) in [6, 6.07) is 3.92. The minimum atomic E-state index is -0.476. The van der Waals surface area contributed by atoms with E-state index in [4.69, 9.17) is 17.3 Å². The van der Waals surface area contributed by atoms with Crippen molar-refractivity contribution in [3.05, 3.63) is 28.5 Å². The number of benzene rings is 1. The van der Waals surface area contributed by atoms with Crippen LogP contribution in [0.1, 0.15) is 25.2 Å². The number of H-pyrrole nitrogens is 1. The van der Waals surface area contributed by atoms with E-state index >= 15 is 0 Å². The molecule has 3 N–H and O–H groups in total. The smallest absolute Gasteiger partial charge is 0.126 e. The maximum Gasteiger partial charge on any atom is 0.126 e. The number of hydrogen-bond acceptors (Lipinski definition) is 2. The Hall–Kier alpha value is -1.06. The minimum Gasteiger partial charge on any atom is -0.340 e. The van der Waals surface area contributed by atoms with E-state index in [1.807, 2.05) is 32.9 Å². The average Bonchev–Trinajstić information content (AvgIpc) is 2.46. The molecule has 0 saturated heterocycles. The van der Waals surface area contributed by atoms with Crippen molar-refractivity contribution in [1.29, 1.82) is 0 Å². The summed E-state index contributed by atoms with van der Waals surface area (Å²) >= 11 is 6.10. The third-order valence-corrected chi connectivity index (χ3v) is 2.58. The molecular formula is C11H14ClN3. The molecule has 1 aromatic carbocycles. The van der Waals surface area contributed by atoms with Crippen molar-refractivity contribution >= 4 is 22.6 Å². The normalized spacial score (nSPS) is 12.3. The van der Waals surface area contributed by atoms with Crippen LogP contribution in [-0.4, -0.2) is 9.97 Å². The van der Waals surface area contributed by atoms with Crippen molar-refractivity contribution in [2.45, 2.75) is 26.3 Å². The predicted octanol–water partition coefficient (Wildman–Crippen LogP) is 2.72. The second-order valence-electron chi connectivity index (χ2n) is 4.45. The highest BCUT2D eigenvalue weighted by Gasteiger charge is 2.19. The van der Waals surface area contributed by atoms with Crippen LogP contribution in [0.15, 0.2) is 12.1 Å². The molecule has 80 valence electrons. The molecule has 0 aliphatic heterocycles. The molecular weight excluding hydrogens is 210 g/mol. The van der Waals surface area contributed by atoms with Crippen molar-refractivity contribution < 1.29 is 0 Å². The molecule has 0 bridgehead atoms. The number of halogens is 1. The zero-order valence-electron chi connectivity index (χ0n) is 9.06. The van der Waals surface area contributed by atoms with Crippen molar-refractivity contribution in [2.24, 2.45) is 5.73 Å². The van der Waals surface area contributed by atoms with Gasteiger partial charge in [-0.05, 0) is 38.5 Å². The van der Waals surface area contributed by atoms with Crippen LogP contribution in [-0.2, 0) is 5.54 Å². The van der Waals surface area contributed by atoms with Crippen LogP contribution in [0.3, 0.4) is 0 Å². The van der Waals surface area contributed by atoms with Gasteiger partial charge in [-0.1, -0.05) is 11.6 Å². The summed E-state index contributed by atoms with van der Waals surface area (Å²) in [6.45, 7) is 5.82. The molecule has 0 atom stereocenters. The lowest BCUT2D eigenvalue weighted by atomic mass is 10.1. The van der Waals surface area contributed by atoms with Crippen LogP contribution in [0.25, 0.3) is 11.0 Å². The Morgan fingerprint density at radius 2 is 2.07 bits per heavy atom. The first-order valence-electron chi connectivity index (χ1n) is 4.83. The Morgan fingerprint density at radius 3 is 2.67 bits per heavy atom. The van der Waals surface area contributed by atoms with E-state index in [0.29, 0.717) is 5.02 Å². The van der Waals surface area contributed by atoms with Gasteiger partial charge < -0.3 is 10.7 Å². The molecule has 0 spiro atoms. The SMILES string of the molecule is Cc1cc(Cl)c2nc(C(C)(C)N)[nH]c2c1. The van der Waals surface area contributed by atoms with Gasteiger partial charge in [-0.3, -0.25) is 0 Å². The van der Waals surface area contributed by atoms with E-state index in [-0.39, 0.29) is 0 Å². The standard InChI is InChI=1S/C11H14ClN3/c1-6-4-7(12)9-8(5-6)14-10(15-9)11(2,3)13/h4-5H,13H2,1-3H3,(H,14,15). The molecule has 0 amide bonds. The molecule has 2 rings (SSSR count). The van der Waals surface area contributed by atoms with Crippen molar-refractivity contribution in [2.75, 3.05) is 0 Å². The molecule has 1 aromatic heterocycles. The molecule has 0 aliphatic carbocycles. The fourth-order valence-electron chi connectivity index (χ4n) is 1.52. The van der Waals surface area contributed by atoms with Crippen LogP contribution >= 0.6 is 11.6 Å². The Morgan fingerprint density at radius 1 is 1.40 bits per heavy atom. The van der Waals surface area contributed by atoms with Crippen molar-refractivity contribution in [1.82, 2.24) is 9.97 Å². The number of nitrogens with one attached hydrogen (secondary N) is 1. The van der Waals surface area contributed by atoms with E-state index in [1.165, 1.54) is 0 Å². The van der Waals surface area contributed by atoms with Crippen molar-refractivity contribution in [3.8, 4) is 0 Å². The monoisotopic (exact) mass is 223 g/mol. The first-order valence-corrected chi connectivity index (χ1v) is 5.21. The lowest BCUT2D eigenvalue weighted by Gasteiger charge is -2.14. The first kappa shape index (κ1) is 10.5. The van der Waals surface area contributed by atoms with Gasteiger partial charge in [-0.2, -0.15) is 0 Å². The number of rotatable bonds is 1. The maximum absolute atomic E-state index is 6.10. The minimum absolute atomic E-state index is 0.476. The molecule has 2 aromatic rings. The molecule has 0 fully saturated rings. The van der Waals surface area contributed by atoms with Crippen LogP contribution < -0.4 is 5.73 Å². The molecule has 0 aliphatic rings. The summed E-state index contributed by atoms with van der Waals surface area (Å²) in [7, 11) is 0. The zero-order valence-corrected chi connectivity index (χ0v) is 9.81. The summed E-state index contributed by atoms with van der Waals surface area (Å²) in [6.07, 6.45) is 0. The van der Waals surface area contributed by atoms with Crippen LogP contribution in [0.5, 0.6) is 0 Å². The fraction of sp³-hybridized carbons (Fsp3) is 0.364. The van der Waals surface area contributed by atoms with Gasteiger partial charge in [-0.25, -0.2) is 4.98 Å². The number of fused-ring (bicyclic) bond motifs is 1. The van der Waals surface area contributed by atoms with Gasteiger partial charge >= 0.3 is 0 Å². The van der Waals surface area contributed by atoms with Gasteiger partial charge in [0, 0.05) is 0 Å². The van der Waals surface area contributed by atoms with Gasteiger partial charge in [0.25, 0.3) is 0 Å². The zero-order chi connectivity index (χ0) is 11.2. The molecule has 0 radical (unpaired) electrons. The maximum atomic E-state index is 6.10. The molecule has 3 nitrogen and oxygen atoms in total. The van der Waals surface area contributed by atoms with Gasteiger partial charge in [0.05, 0.1) is 16.1 Å². The number of nitrogens with zero attached hydrogens (tertiary/aromatic N) is 1. The van der Waals surface area contributed by atoms with Crippen LogP contribution in [0, 0.1) is 6.92 Å². The molecule has 0 saturated carbocycles. The highest BCUT2D eigenvalue weighted by atomic mass is 35.5. The number of hydrogen-bond donors (Lipinski definition) is 2. The van der Waals surface area contributed by atoms with E-state index < -0.39 is 5.54 Å². The van der Waals surface area contributed by atoms with Gasteiger partial charge in [0.1, 0.15) is 11.3 Å². The van der Waals surface area contributed by atoms with Gasteiger partial charge in [0.2, 0.25) is 0 Å². The van der Waals surface area contributed by atoms with Gasteiger partial charge in [0.15, 0.2) is 0 Å². The second kappa shape index (κ2) is 3.22. The quantitative estimate of drug-likeness (QED) is 0.781. The molecule has 1 heterocycles. The summed E-state index contributed by atoms with van der Waals surface area (Å²) < 4.78 is 0. The Balaban J connectivity index is 2.71. The summed E-state index contributed by atoms with van der Waals surface area (Å²) in [5.74, 6) is 0.755. The van der Waals surface area contributed by atoms with E-state index in [0.717, 1.165) is 22.4 Å². The van der Waals surface area contributed by atoms with Crippen LogP contribution in [0.2, 0.25) is 5.02 Å². The highest BCUT2D eigenvalue weighted by molar-refractivity contribution is 6.35. The Bertz CT molecular complexity index is 508. The molecule has 15 heavy (non-hydrogen) atoms. The highest BCUT2D eigenvalue weighted by Crippen LogP contribution is 2.25. The number of aromatic amines is 1. The summed E-state index contributed by atoms with van der Waals surface area (Å²) in [5, 5.41) is 0.664. The first-order chi connectivity index (χ1) is 6.88. The predicted molar refractivity (Wildman–Crippen MR) is 63.1 cm³/mol. The Kier molecular flexibility index (Phi) is 2.24. The number of nitrogens with two attached hydrogens (primary N) is 1. The Labute approximate surface area is 93.6 Å². The average molecular weight is 224 g/mol. The van der Waals surface area contributed by atoms with Gasteiger partial charge in [-0.15, -0.1) is 0 Å². The summed E-state index contributed by atoms with van der Waals surface area (Å²) in [4.78, 5) is 7.61.